The van der Waals surface area contributed by atoms with Gasteiger partial charge in [-0.2, -0.15) is 0 Å². The molecule has 0 fully saturated rings. The molecular formula is C21H24ClNO3. The molecule has 1 atom stereocenters. The van der Waals surface area contributed by atoms with Crippen LogP contribution in [0.25, 0.3) is 0 Å². The molecular weight excluding hydrogens is 350 g/mol. The Hall–Kier alpha value is -2.07. The molecule has 1 aromatic carbocycles. The maximum atomic E-state index is 13.0. The Labute approximate surface area is 159 Å². The smallest absolute Gasteiger partial charge is 0.336 e. The molecule has 0 aromatic heterocycles. The van der Waals surface area contributed by atoms with Crippen molar-refractivity contribution < 1.29 is 14.3 Å². The number of nitrogens with one attached hydrogen (secondary N) is 1. The van der Waals surface area contributed by atoms with E-state index in [9.17, 15) is 9.59 Å². The molecule has 3 rings (SSSR count). The molecule has 138 valence electrons. The van der Waals surface area contributed by atoms with Crippen molar-refractivity contribution in [1.82, 2.24) is 5.32 Å². The quantitative estimate of drug-likeness (QED) is 0.792. The second-order valence-corrected chi connectivity index (χ2v) is 8.14. The number of carbonyl (C=O) groups is 2. The molecule has 0 radical (unpaired) electrons. The van der Waals surface area contributed by atoms with E-state index in [0.29, 0.717) is 22.6 Å². The summed E-state index contributed by atoms with van der Waals surface area (Å²) in [6.45, 7) is 8.09. The Morgan fingerprint density at radius 3 is 2.73 bits per heavy atom. The zero-order valence-corrected chi connectivity index (χ0v) is 16.4. The van der Waals surface area contributed by atoms with Gasteiger partial charge in [0.2, 0.25) is 0 Å². The lowest BCUT2D eigenvalue weighted by Gasteiger charge is -2.39. The van der Waals surface area contributed by atoms with Crippen LogP contribution in [0.2, 0.25) is 5.02 Å². The molecule has 0 bridgehead atoms. The first-order chi connectivity index (χ1) is 12.2. The van der Waals surface area contributed by atoms with Crippen molar-refractivity contribution in [3.05, 3.63) is 57.4 Å². The predicted molar refractivity (Wildman–Crippen MR) is 102 cm³/mol. The van der Waals surface area contributed by atoms with Crippen LogP contribution in [0.1, 0.15) is 52.0 Å². The van der Waals surface area contributed by atoms with Gasteiger partial charge in [-0.15, -0.1) is 0 Å². The van der Waals surface area contributed by atoms with E-state index < -0.39 is 11.9 Å². The number of ether oxygens (including phenoxy) is 1. The molecule has 1 aliphatic carbocycles. The van der Waals surface area contributed by atoms with Crippen molar-refractivity contribution in [2.75, 3.05) is 6.61 Å². The van der Waals surface area contributed by atoms with Gasteiger partial charge in [-0.25, -0.2) is 4.79 Å². The lowest BCUT2D eigenvalue weighted by molar-refractivity contribution is -0.138. The van der Waals surface area contributed by atoms with E-state index in [1.165, 1.54) is 0 Å². The van der Waals surface area contributed by atoms with Gasteiger partial charge in [-0.05, 0) is 43.4 Å². The number of Topliss-reactive ketones (excluding diaryl/α,β-unsaturated/α-hetero) is 1. The molecule has 4 nitrogen and oxygen atoms in total. The highest BCUT2D eigenvalue weighted by atomic mass is 35.5. The maximum Gasteiger partial charge on any atom is 0.336 e. The average molecular weight is 374 g/mol. The zero-order chi connectivity index (χ0) is 19.1. The van der Waals surface area contributed by atoms with E-state index >= 15 is 0 Å². The molecule has 1 heterocycles. The van der Waals surface area contributed by atoms with E-state index in [-0.39, 0.29) is 17.8 Å². The van der Waals surface area contributed by atoms with Crippen LogP contribution in [-0.4, -0.2) is 18.4 Å². The summed E-state index contributed by atoms with van der Waals surface area (Å²) in [7, 11) is 0. The minimum absolute atomic E-state index is 0.0722. The van der Waals surface area contributed by atoms with Crippen LogP contribution < -0.4 is 5.32 Å². The van der Waals surface area contributed by atoms with Crippen LogP contribution in [-0.2, 0) is 14.3 Å². The van der Waals surface area contributed by atoms with Crippen LogP contribution in [0.4, 0.5) is 0 Å². The van der Waals surface area contributed by atoms with Gasteiger partial charge in [0.1, 0.15) is 0 Å². The Morgan fingerprint density at radius 1 is 1.35 bits per heavy atom. The number of esters is 1. The summed E-state index contributed by atoms with van der Waals surface area (Å²) in [6, 6.07) is 7.36. The number of allylic oxidation sites excluding steroid dienone is 3. The van der Waals surface area contributed by atoms with Crippen LogP contribution in [0.5, 0.6) is 0 Å². The number of carbonyl (C=O) groups excluding carboxylic acids is 2. The molecule has 26 heavy (non-hydrogen) atoms. The van der Waals surface area contributed by atoms with E-state index in [0.717, 1.165) is 23.4 Å². The van der Waals surface area contributed by atoms with E-state index in [1.54, 1.807) is 13.0 Å². The first-order valence-corrected chi connectivity index (χ1v) is 9.28. The van der Waals surface area contributed by atoms with Crippen molar-refractivity contribution in [1.29, 1.82) is 0 Å². The largest absolute Gasteiger partial charge is 0.463 e. The molecule has 0 saturated heterocycles. The number of ketones is 1. The molecule has 1 N–H and O–H groups in total. The van der Waals surface area contributed by atoms with Crippen LogP contribution in [0.3, 0.4) is 0 Å². The van der Waals surface area contributed by atoms with Gasteiger partial charge in [0.25, 0.3) is 0 Å². The molecule has 0 spiro atoms. The third-order valence-electron chi connectivity index (χ3n) is 4.92. The predicted octanol–water partition coefficient (Wildman–Crippen LogP) is 4.51. The zero-order valence-electron chi connectivity index (χ0n) is 15.6. The van der Waals surface area contributed by atoms with Crippen LogP contribution >= 0.6 is 11.6 Å². The fraction of sp³-hybridized carbons (Fsp3) is 0.429. The normalized spacial score (nSPS) is 22.0. The van der Waals surface area contributed by atoms with E-state index in [4.69, 9.17) is 16.3 Å². The van der Waals surface area contributed by atoms with Crippen molar-refractivity contribution in [3.8, 4) is 0 Å². The van der Waals surface area contributed by atoms with Gasteiger partial charge in [-0.3, -0.25) is 4.79 Å². The fourth-order valence-corrected chi connectivity index (χ4v) is 4.13. The third-order valence-corrected chi connectivity index (χ3v) is 5.15. The summed E-state index contributed by atoms with van der Waals surface area (Å²) in [6.07, 6.45) is 1.22. The number of hydrogen-bond acceptors (Lipinski definition) is 4. The highest BCUT2D eigenvalue weighted by molar-refractivity contribution is 6.30. The van der Waals surface area contributed by atoms with Crippen molar-refractivity contribution in [2.45, 2.75) is 46.5 Å². The second kappa shape index (κ2) is 6.92. The summed E-state index contributed by atoms with van der Waals surface area (Å²) >= 11 is 6.20. The summed E-state index contributed by atoms with van der Waals surface area (Å²) in [5.41, 5.74) is 3.52. The number of benzene rings is 1. The molecule has 1 aliphatic heterocycles. The lowest BCUT2D eigenvalue weighted by Crippen LogP contribution is -2.38. The van der Waals surface area contributed by atoms with Crippen molar-refractivity contribution >= 4 is 23.4 Å². The van der Waals surface area contributed by atoms with Gasteiger partial charge in [-0.1, -0.05) is 37.6 Å². The first kappa shape index (κ1) is 18.7. The van der Waals surface area contributed by atoms with E-state index in [1.807, 2.05) is 25.1 Å². The minimum Gasteiger partial charge on any atom is -0.463 e. The van der Waals surface area contributed by atoms with Gasteiger partial charge in [0.05, 0.1) is 12.2 Å². The second-order valence-electron chi connectivity index (χ2n) is 7.71. The topological polar surface area (TPSA) is 55.4 Å². The fourth-order valence-electron chi connectivity index (χ4n) is 3.93. The standard InChI is InChI=1S/C21H24ClNO3/c1-5-26-20(25)17-12(2)23-15-10-21(3,4)11-16(24)19(15)18(17)13-7-6-8-14(22)9-13/h6-9,18,23H,5,10-11H2,1-4H3. The third kappa shape index (κ3) is 3.43. The average Bonchev–Trinajstić information content (AvgIpc) is 2.52. The van der Waals surface area contributed by atoms with Crippen molar-refractivity contribution in [3.63, 3.8) is 0 Å². The van der Waals surface area contributed by atoms with E-state index in [2.05, 4.69) is 19.2 Å². The van der Waals surface area contributed by atoms with Crippen LogP contribution in [0.15, 0.2) is 46.8 Å². The Balaban J connectivity index is 2.18. The Morgan fingerprint density at radius 2 is 2.08 bits per heavy atom. The SMILES string of the molecule is CCOC(=O)C1=C(C)NC2=C(C(=O)CC(C)(C)C2)C1c1cccc(Cl)c1. The number of halogens is 1. The first-order valence-electron chi connectivity index (χ1n) is 8.90. The maximum absolute atomic E-state index is 13.0. The summed E-state index contributed by atoms with van der Waals surface area (Å²) in [4.78, 5) is 25.7. The van der Waals surface area contributed by atoms with Gasteiger partial charge in [0.15, 0.2) is 5.78 Å². The minimum atomic E-state index is -0.451. The van der Waals surface area contributed by atoms with Gasteiger partial charge < -0.3 is 10.1 Å². The number of hydrogen-bond donors (Lipinski definition) is 1. The van der Waals surface area contributed by atoms with Crippen molar-refractivity contribution in [2.24, 2.45) is 5.41 Å². The highest BCUT2D eigenvalue weighted by Crippen LogP contribution is 2.46. The monoisotopic (exact) mass is 373 g/mol. The van der Waals surface area contributed by atoms with Crippen LogP contribution in [0, 0.1) is 5.41 Å². The summed E-state index contributed by atoms with van der Waals surface area (Å²) < 4.78 is 5.29. The molecule has 0 amide bonds. The summed E-state index contributed by atoms with van der Waals surface area (Å²) in [5, 5.41) is 3.89. The molecule has 1 aromatic rings. The molecule has 5 heteroatoms. The highest BCUT2D eigenvalue weighted by Gasteiger charge is 2.43. The number of rotatable bonds is 3. The lowest BCUT2D eigenvalue weighted by atomic mass is 9.68. The number of dihydropyridines is 1. The summed E-state index contributed by atoms with van der Waals surface area (Å²) in [5.74, 6) is -0.776. The van der Waals surface area contributed by atoms with Gasteiger partial charge in [0, 0.05) is 34.3 Å². The Bertz CT molecular complexity index is 835. The molecule has 0 saturated carbocycles. The van der Waals surface area contributed by atoms with Gasteiger partial charge >= 0.3 is 5.97 Å². The molecule has 1 unspecified atom stereocenters. The molecule has 2 aliphatic rings. The Kier molecular flexibility index (Phi) is 4.98.